The standard InChI is InChI=1S/C17H24FNO2/c1-12(19)13-4-5-16(15(18)10-13)21-14-6-9-20-17(11-14)7-2-3-8-17/h4-5,10,12,14H,2-3,6-9,11,19H2,1H3. The predicted octanol–water partition coefficient (Wildman–Crippen LogP) is 3.72. The quantitative estimate of drug-likeness (QED) is 0.924. The van der Waals surface area contributed by atoms with Gasteiger partial charge in [0.2, 0.25) is 0 Å². The van der Waals surface area contributed by atoms with E-state index in [1.807, 2.05) is 13.0 Å². The molecule has 1 saturated carbocycles. The summed E-state index contributed by atoms with van der Waals surface area (Å²) in [5.41, 5.74) is 6.55. The van der Waals surface area contributed by atoms with Crippen molar-refractivity contribution < 1.29 is 13.9 Å². The maximum absolute atomic E-state index is 14.1. The van der Waals surface area contributed by atoms with Crippen LogP contribution in [0.1, 0.15) is 57.1 Å². The Balaban J connectivity index is 1.68. The van der Waals surface area contributed by atoms with Crippen LogP contribution < -0.4 is 10.5 Å². The third-order valence-corrected chi connectivity index (χ3v) is 4.74. The minimum atomic E-state index is -0.322. The summed E-state index contributed by atoms with van der Waals surface area (Å²) in [7, 11) is 0. The number of halogens is 1. The summed E-state index contributed by atoms with van der Waals surface area (Å²) in [6.45, 7) is 2.56. The largest absolute Gasteiger partial charge is 0.487 e. The molecule has 2 unspecified atom stereocenters. The molecule has 0 radical (unpaired) electrons. The number of rotatable bonds is 3. The Morgan fingerprint density at radius 1 is 1.38 bits per heavy atom. The predicted molar refractivity (Wildman–Crippen MR) is 79.8 cm³/mol. The Kier molecular flexibility index (Phi) is 4.18. The highest BCUT2D eigenvalue weighted by molar-refractivity contribution is 5.31. The van der Waals surface area contributed by atoms with Crippen molar-refractivity contribution >= 4 is 0 Å². The van der Waals surface area contributed by atoms with Crippen molar-refractivity contribution in [2.75, 3.05) is 6.61 Å². The molecule has 116 valence electrons. The highest BCUT2D eigenvalue weighted by Crippen LogP contribution is 2.41. The number of hydrogen-bond acceptors (Lipinski definition) is 3. The van der Waals surface area contributed by atoms with Crippen LogP contribution in [-0.4, -0.2) is 18.3 Å². The topological polar surface area (TPSA) is 44.5 Å². The Morgan fingerprint density at radius 2 is 2.14 bits per heavy atom. The van der Waals surface area contributed by atoms with Gasteiger partial charge in [-0.15, -0.1) is 0 Å². The molecule has 1 aromatic carbocycles. The average molecular weight is 293 g/mol. The van der Waals surface area contributed by atoms with E-state index in [1.165, 1.54) is 18.9 Å². The molecule has 1 aliphatic carbocycles. The molecule has 3 rings (SSSR count). The molecule has 2 fully saturated rings. The van der Waals surface area contributed by atoms with E-state index in [4.69, 9.17) is 15.2 Å². The number of hydrogen-bond donors (Lipinski definition) is 1. The van der Waals surface area contributed by atoms with E-state index in [9.17, 15) is 4.39 Å². The van der Waals surface area contributed by atoms with E-state index >= 15 is 0 Å². The Morgan fingerprint density at radius 3 is 2.81 bits per heavy atom. The zero-order valence-corrected chi connectivity index (χ0v) is 12.6. The highest BCUT2D eigenvalue weighted by Gasteiger charge is 2.40. The van der Waals surface area contributed by atoms with Crippen LogP contribution in [0.3, 0.4) is 0 Å². The van der Waals surface area contributed by atoms with Crippen LogP contribution in [0, 0.1) is 5.82 Å². The van der Waals surface area contributed by atoms with Gasteiger partial charge >= 0.3 is 0 Å². The zero-order chi connectivity index (χ0) is 14.9. The molecule has 2 aliphatic rings. The van der Waals surface area contributed by atoms with Crippen LogP contribution in [0.4, 0.5) is 4.39 Å². The fourth-order valence-electron chi connectivity index (χ4n) is 3.53. The van der Waals surface area contributed by atoms with Crippen molar-refractivity contribution in [1.82, 2.24) is 0 Å². The molecule has 1 aromatic rings. The normalized spacial score (nSPS) is 26.0. The van der Waals surface area contributed by atoms with Gasteiger partial charge < -0.3 is 15.2 Å². The first-order valence-electron chi connectivity index (χ1n) is 7.94. The van der Waals surface area contributed by atoms with Gasteiger partial charge in [-0.3, -0.25) is 0 Å². The lowest BCUT2D eigenvalue weighted by Gasteiger charge is -2.38. The molecule has 1 saturated heterocycles. The molecule has 1 aliphatic heterocycles. The third-order valence-electron chi connectivity index (χ3n) is 4.74. The van der Waals surface area contributed by atoms with Gasteiger partial charge in [0.05, 0.1) is 12.2 Å². The maximum atomic E-state index is 14.1. The Hall–Kier alpha value is -1.13. The number of benzene rings is 1. The summed E-state index contributed by atoms with van der Waals surface area (Å²) >= 11 is 0. The van der Waals surface area contributed by atoms with Gasteiger partial charge in [0.15, 0.2) is 11.6 Å². The van der Waals surface area contributed by atoms with Crippen LogP contribution in [0.25, 0.3) is 0 Å². The van der Waals surface area contributed by atoms with Crippen molar-refractivity contribution in [3.8, 4) is 5.75 Å². The summed E-state index contributed by atoms with van der Waals surface area (Å²) in [5, 5.41) is 0. The lowest BCUT2D eigenvalue weighted by molar-refractivity contribution is -0.108. The number of nitrogens with two attached hydrogens (primary N) is 1. The minimum Gasteiger partial charge on any atom is -0.487 e. The third kappa shape index (κ3) is 3.22. The second kappa shape index (κ2) is 5.93. The molecule has 1 heterocycles. The minimum absolute atomic E-state index is 0.00882. The van der Waals surface area contributed by atoms with Crippen molar-refractivity contribution in [3.63, 3.8) is 0 Å². The van der Waals surface area contributed by atoms with Crippen molar-refractivity contribution in [2.24, 2.45) is 5.73 Å². The van der Waals surface area contributed by atoms with Crippen LogP contribution in [-0.2, 0) is 4.74 Å². The summed E-state index contributed by atoms with van der Waals surface area (Å²) < 4.78 is 26.0. The lowest BCUT2D eigenvalue weighted by atomic mass is 9.90. The van der Waals surface area contributed by atoms with E-state index < -0.39 is 0 Å². The van der Waals surface area contributed by atoms with Crippen LogP contribution >= 0.6 is 0 Å². The van der Waals surface area contributed by atoms with Gasteiger partial charge in [0.1, 0.15) is 6.10 Å². The van der Waals surface area contributed by atoms with E-state index in [2.05, 4.69) is 0 Å². The second-order valence-corrected chi connectivity index (χ2v) is 6.45. The van der Waals surface area contributed by atoms with Crippen molar-refractivity contribution in [3.05, 3.63) is 29.6 Å². The zero-order valence-electron chi connectivity index (χ0n) is 12.6. The van der Waals surface area contributed by atoms with Gasteiger partial charge in [-0.1, -0.05) is 18.9 Å². The summed E-state index contributed by atoms with van der Waals surface area (Å²) in [6, 6.07) is 4.85. The molecule has 2 atom stereocenters. The van der Waals surface area contributed by atoms with E-state index in [-0.39, 0.29) is 23.6 Å². The van der Waals surface area contributed by atoms with Crippen molar-refractivity contribution in [1.29, 1.82) is 0 Å². The monoisotopic (exact) mass is 293 g/mol. The molecule has 0 aromatic heterocycles. The molecular weight excluding hydrogens is 269 g/mol. The average Bonchev–Trinajstić information content (AvgIpc) is 2.89. The second-order valence-electron chi connectivity index (χ2n) is 6.45. The van der Waals surface area contributed by atoms with Gasteiger partial charge in [-0.25, -0.2) is 4.39 Å². The summed E-state index contributed by atoms with van der Waals surface area (Å²) in [6.07, 6.45) is 6.43. The van der Waals surface area contributed by atoms with E-state index in [0.29, 0.717) is 12.4 Å². The van der Waals surface area contributed by atoms with Crippen LogP contribution in [0.5, 0.6) is 5.75 Å². The van der Waals surface area contributed by atoms with Gasteiger partial charge in [0.25, 0.3) is 0 Å². The molecule has 4 heteroatoms. The first-order valence-corrected chi connectivity index (χ1v) is 7.94. The highest BCUT2D eigenvalue weighted by atomic mass is 19.1. The Labute approximate surface area is 125 Å². The van der Waals surface area contributed by atoms with E-state index in [0.717, 1.165) is 31.2 Å². The lowest BCUT2D eigenvalue weighted by Crippen LogP contribution is -2.41. The molecule has 0 bridgehead atoms. The van der Waals surface area contributed by atoms with Gasteiger partial charge in [0, 0.05) is 18.9 Å². The molecule has 0 amide bonds. The van der Waals surface area contributed by atoms with Crippen LogP contribution in [0.15, 0.2) is 18.2 Å². The first-order chi connectivity index (χ1) is 10.1. The van der Waals surface area contributed by atoms with Gasteiger partial charge in [-0.05, 0) is 37.5 Å². The molecule has 1 spiro atoms. The smallest absolute Gasteiger partial charge is 0.165 e. The molecule has 3 nitrogen and oxygen atoms in total. The number of ether oxygens (including phenoxy) is 2. The Bertz CT molecular complexity index is 498. The molecule has 21 heavy (non-hydrogen) atoms. The first kappa shape index (κ1) is 14.8. The molecular formula is C17H24FNO2. The summed E-state index contributed by atoms with van der Waals surface area (Å²) in [5.74, 6) is 0.0104. The fourth-order valence-corrected chi connectivity index (χ4v) is 3.53. The molecule has 2 N–H and O–H groups in total. The van der Waals surface area contributed by atoms with E-state index in [1.54, 1.807) is 6.07 Å². The van der Waals surface area contributed by atoms with Crippen molar-refractivity contribution in [2.45, 2.75) is 63.2 Å². The summed E-state index contributed by atoms with van der Waals surface area (Å²) in [4.78, 5) is 0. The SMILES string of the molecule is CC(N)c1ccc(OC2CCOC3(CCCC3)C2)c(F)c1. The van der Waals surface area contributed by atoms with Crippen LogP contribution in [0.2, 0.25) is 0 Å². The van der Waals surface area contributed by atoms with Gasteiger partial charge in [-0.2, -0.15) is 0 Å². The fraction of sp³-hybridized carbons (Fsp3) is 0.647. The maximum Gasteiger partial charge on any atom is 0.165 e.